The highest BCUT2D eigenvalue weighted by atomic mass is 79.9. The number of thiophene rings is 1. The molecule has 0 radical (unpaired) electrons. The van der Waals surface area contributed by atoms with Crippen LogP contribution in [0, 0.1) is 6.92 Å². The second-order valence-corrected chi connectivity index (χ2v) is 10.2. The smallest absolute Gasteiger partial charge is 0.267 e. The van der Waals surface area contributed by atoms with Crippen LogP contribution >= 0.6 is 38.6 Å². The van der Waals surface area contributed by atoms with E-state index in [0.29, 0.717) is 28.2 Å². The first-order chi connectivity index (χ1) is 15.0. The van der Waals surface area contributed by atoms with Crippen LogP contribution in [0.4, 0.5) is 22.5 Å². The highest BCUT2D eigenvalue weighted by molar-refractivity contribution is 9.11. The zero-order valence-electron chi connectivity index (χ0n) is 16.8. The number of carbonyl (C=O) groups is 1. The molecule has 0 saturated carbocycles. The van der Waals surface area contributed by atoms with Crippen LogP contribution in [-0.2, 0) is 0 Å². The fraction of sp³-hybridized carbons (Fsp3) is 0.368. The summed E-state index contributed by atoms with van der Waals surface area (Å²) in [5.74, 6) is 1.96. The molecule has 0 atom stereocenters. The van der Waals surface area contributed by atoms with Crippen molar-refractivity contribution in [2.75, 3.05) is 54.9 Å². The molecule has 3 aromatic rings. The maximum absolute atomic E-state index is 12.5. The molecule has 4 rings (SSSR count). The van der Waals surface area contributed by atoms with Gasteiger partial charge in [-0.2, -0.15) is 0 Å². The molecule has 9 nitrogen and oxygen atoms in total. The van der Waals surface area contributed by atoms with Gasteiger partial charge in [0.2, 0.25) is 0 Å². The fourth-order valence-corrected chi connectivity index (χ4v) is 5.08. The first-order valence-electron chi connectivity index (χ1n) is 9.73. The molecule has 164 valence electrons. The maximum atomic E-state index is 12.5. The fourth-order valence-electron chi connectivity index (χ4n) is 3.23. The molecule has 31 heavy (non-hydrogen) atoms. The summed E-state index contributed by atoms with van der Waals surface area (Å²) in [6.07, 6.45) is 1.55. The lowest BCUT2D eigenvalue weighted by Crippen LogP contribution is -2.47. The Kier molecular flexibility index (Phi) is 7.13. The normalized spacial score (nSPS) is 14.6. The summed E-state index contributed by atoms with van der Waals surface area (Å²) < 4.78 is 0.880. The van der Waals surface area contributed by atoms with Crippen LogP contribution in [0.15, 0.2) is 27.5 Å². The van der Waals surface area contributed by atoms with Crippen LogP contribution in [-0.4, -0.2) is 70.2 Å². The molecule has 3 N–H and O–H groups in total. The van der Waals surface area contributed by atoms with E-state index in [4.69, 9.17) is 5.11 Å². The summed E-state index contributed by atoms with van der Waals surface area (Å²) in [6.45, 7) is 6.20. The Bertz CT molecular complexity index is 1050. The third kappa shape index (κ3) is 5.57. The van der Waals surface area contributed by atoms with E-state index >= 15 is 0 Å². The number of aliphatic hydroxyl groups excluding tert-OH is 1. The van der Waals surface area contributed by atoms with Crippen LogP contribution in [0.3, 0.4) is 0 Å². The van der Waals surface area contributed by atoms with Crippen LogP contribution in [0.5, 0.6) is 0 Å². The molecular formula is C19H22BrN7O2S2. The number of amides is 1. The zero-order valence-corrected chi connectivity index (χ0v) is 20.1. The number of piperazine rings is 1. The SMILES string of the molecule is Cc1nc(Nc2ncc(C(=O)Nc3ccsc3Br)s2)cc(N2CCN(CCO)CC2)n1. The number of halogens is 1. The molecule has 3 aromatic heterocycles. The molecule has 1 fully saturated rings. The van der Waals surface area contributed by atoms with Gasteiger partial charge in [0, 0.05) is 38.8 Å². The van der Waals surface area contributed by atoms with Gasteiger partial charge in [0.15, 0.2) is 5.13 Å². The second-order valence-electron chi connectivity index (χ2n) is 6.93. The summed E-state index contributed by atoms with van der Waals surface area (Å²) in [4.78, 5) is 30.8. The van der Waals surface area contributed by atoms with Gasteiger partial charge in [0.25, 0.3) is 5.91 Å². The molecule has 1 aliphatic heterocycles. The van der Waals surface area contributed by atoms with Crippen LogP contribution in [0.25, 0.3) is 0 Å². The standard InChI is InChI=1S/C19H22BrN7O2S2/c1-12-22-15(10-16(23-12)27-5-3-26(4-6-27)7-8-28)25-19-21-11-14(31-19)18(29)24-13-2-9-30-17(13)20/h2,9-11,28H,3-8H2,1H3,(H,24,29)(H,21,22,23,25). The Morgan fingerprint density at radius 1 is 1.29 bits per heavy atom. The van der Waals surface area contributed by atoms with Crippen molar-refractivity contribution in [2.24, 2.45) is 0 Å². The van der Waals surface area contributed by atoms with E-state index in [1.54, 1.807) is 6.20 Å². The maximum Gasteiger partial charge on any atom is 0.267 e. The minimum atomic E-state index is -0.204. The van der Waals surface area contributed by atoms with Crippen molar-refractivity contribution in [3.63, 3.8) is 0 Å². The summed E-state index contributed by atoms with van der Waals surface area (Å²) >= 11 is 6.20. The van der Waals surface area contributed by atoms with Crippen molar-refractivity contribution >= 4 is 67.0 Å². The highest BCUT2D eigenvalue weighted by Gasteiger charge is 2.19. The number of aryl methyl sites for hydroxylation is 1. The summed E-state index contributed by atoms with van der Waals surface area (Å²) in [7, 11) is 0. The number of nitrogens with zero attached hydrogens (tertiary/aromatic N) is 5. The Hall–Kier alpha value is -2.12. The lowest BCUT2D eigenvalue weighted by molar-refractivity contribution is 0.103. The highest BCUT2D eigenvalue weighted by Crippen LogP contribution is 2.30. The minimum Gasteiger partial charge on any atom is -0.395 e. The van der Waals surface area contributed by atoms with Crippen molar-refractivity contribution in [3.8, 4) is 0 Å². The topological polar surface area (TPSA) is 107 Å². The van der Waals surface area contributed by atoms with E-state index in [0.717, 1.165) is 41.5 Å². The molecule has 12 heteroatoms. The lowest BCUT2D eigenvalue weighted by Gasteiger charge is -2.35. The largest absolute Gasteiger partial charge is 0.395 e. The van der Waals surface area contributed by atoms with Gasteiger partial charge in [-0.15, -0.1) is 11.3 Å². The Morgan fingerprint density at radius 3 is 2.81 bits per heavy atom. The van der Waals surface area contributed by atoms with Crippen LogP contribution < -0.4 is 15.5 Å². The zero-order chi connectivity index (χ0) is 21.8. The number of anilines is 4. The predicted molar refractivity (Wildman–Crippen MR) is 128 cm³/mol. The molecule has 0 spiro atoms. The molecule has 1 aliphatic rings. The summed E-state index contributed by atoms with van der Waals surface area (Å²) in [5, 5.41) is 17.7. The molecule has 0 aromatic carbocycles. The first-order valence-corrected chi connectivity index (χ1v) is 12.2. The van der Waals surface area contributed by atoms with Gasteiger partial charge < -0.3 is 20.6 Å². The molecular weight excluding hydrogens is 502 g/mol. The Labute approximate surface area is 196 Å². The average Bonchev–Trinajstić information content (AvgIpc) is 3.37. The Morgan fingerprint density at radius 2 is 2.10 bits per heavy atom. The first kappa shape index (κ1) is 22.1. The second kappa shape index (κ2) is 10.0. The number of aliphatic hydroxyl groups is 1. The number of nitrogens with one attached hydrogen (secondary N) is 2. The number of β-amino-alcohol motifs (C(OH)–C–C–N with tert-alkyl or cyclic N) is 1. The van der Waals surface area contributed by atoms with Gasteiger partial charge >= 0.3 is 0 Å². The van der Waals surface area contributed by atoms with Crippen molar-refractivity contribution in [2.45, 2.75) is 6.92 Å². The van der Waals surface area contributed by atoms with E-state index < -0.39 is 0 Å². The van der Waals surface area contributed by atoms with Crippen molar-refractivity contribution in [1.29, 1.82) is 0 Å². The van der Waals surface area contributed by atoms with Gasteiger partial charge in [-0.25, -0.2) is 15.0 Å². The van der Waals surface area contributed by atoms with Crippen molar-refractivity contribution in [3.05, 3.63) is 38.2 Å². The third-order valence-corrected chi connectivity index (χ3v) is 7.37. The number of hydrogen-bond donors (Lipinski definition) is 3. The van der Waals surface area contributed by atoms with Crippen LogP contribution in [0.2, 0.25) is 0 Å². The van der Waals surface area contributed by atoms with Gasteiger partial charge in [-0.1, -0.05) is 11.3 Å². The van der Waals surface area contributed by atoms with E-state index in [1.165, 1.54) is 22.7 Å². The van der Waals surface area contributed by atoms with Gasteiger partial charge in [0.05, 0.1) is 22.3 Å². The molecule has 0 aliphatic carbocycles. The number of hydrogen-bond acceptors (Lipinski definition) is 10. The number of aromatic nitrogens is 3. The summed E-state index contributed by atoms with van der Waals surface area (Å²) in [6, 6.07) is 3.75. The van der Waals surface area contributed by atoms with Crippen LogP contribution in [0.1, 0.15) is 15.5 Å². The Balaban J connectivity index is 1.42. The third-order valence-electron chi connectivity index (χ3n) is 4.77. The number of thiazole rings is 1. The van der Waals surface area contributed by atoms with E-state index in [-0.39, 0.29) is 12.5 Å². The average molecular weight is 524 g/mol. The van der Waals surface area contributed by atoms with Gasteiger partial charge in [-0.05, 0) is 34.3 Å². The van der Waals surface area contributed by atoms with Crippen molar-refractivity contribution < 1.29 is 9.90 Å². The summed E-state index contributed by atoms with van der Waals surface area (Å²) in [5.41, 5.74) is 0.744. The minimum absolute atomic E-state index is 0.180. The van der Waals surface area contributed by atoms with E-state index in [9.17, 15) is 4.79 Å². The predicted octanol–water partition coefficient (Wildman–Crippen LogP) is 3.18. The lowest BCUT2D eigenvalue weighted by atomic mass is 10.3. The molecule has 4 heterocycles. The molecule has 1 saturated heterocycles. The van der Waals surface area contributed by atoms with Gasteiger partial charge in [0.1, 0.15) is 22.3 Å². The van der Waals surface area contributed by atoms with Crippen molar-refractivity contribution in [1.82, 2.24) is 19.9 Å². The monoisotopic (exact) mass is 523 g/mol. The van der Waals surface area contributed by atoms with E-state index in [1.807, 2.05) is 24.4 Å². The van der Waals surface area contributed by atoms with E-state index in [2.05, 4.69) is 51.3 Å². The van der Waals surface area contributed by atoms with Gasteiger partial charge in [-0.3, -0.25) is 9.69 Å². The number of carbonyl (C=O) groups excluding carboxylic acids is 1. The quantitative estimate of drug-likeness (QED) is 0.433. The number of rotatable bonds is 7. The molecule has 1 amide bonds. The molecule has 0 bridgehead atoms. The molecule has 0 unspecified atom stereocenters.